The molecule has 0 bridgehead atoms. The van der Waals surface area contributed by atoms with Gasteiger partial charge in [0.1, 0.15) is 6.04 Å². The number of hydrogen-bond donors (Lipinski definition) is 2. The molecule has 1 aromatic rings. The topological polar surface area (TPSA) is 89.4 Å². The molecule has 2 rings (SSSR count). The van der Waals surface area contributed by atoms with Crippen LogP contribution in [-0.4, -0.2) is 22.8 Å². The van der Waals surface area contributed by atoms with E-state index in [2.05, 4.69) is 0 Å². The molecule has 0 saturated carbocycles. The van der Waals surface area contributed by atoms with E-state index in [4.69, 9.17) is 11.5 Å². The van der Waals surface area contributed by atoms with Gasteiger partial charge in [0.05, 0.1) is 0 Å². The third kappa shape index (κ3) is 2.51. The van der Waals surface area contributed by atoms with Gasteiger partial charge in [0, 0.05) is 19.5 Å². The van der Waals surface area contributed by atoms with Crippen LogP contribution in [0.3, 0.4) is 0 Å². The lowest BCUT2D eigenvalue weighted by molar-refractivity contribution is -0.134. The van der Waals surface area contributed by atoms with E-state index in [1.807, 2.05) is 24.3 Å². The number of rotatable bonds is 4. The molecule has 1 fully saturated rings. The maximum Gasteiger partial charge on any atom is 0.240 e. The standard InChI is InChI=1S/C13H17N3O2/c14-7-9-2-1-3-10(6-9)8-16-11(13(15)18)4-5-12(16)17/h1-3,6,11H,4-5,7-8,14H2,(H2,15,18). The van der Waals surface area contributed by atoms with Gasteiger partial charge in [-0.25, -0.2) is 0 Å². The molecule has 5 nitrogen and oxygen atoms in total. The quantitative estimate of drug-likeness (QED) is 0.792. The molecule has 1 aliphatic rings. The van der Waals surface area contributed by atoms with Gasteiger partial charge in [-0.1, -0.05) is 24.3 Å². The summed E-state index contributed by atoms with van der Waals surface area (Å²) in [5, 5.41) is 0. The van der Waals surface area contributed by atoms with Crippen molar-refractivity contribution in [1.82, 2.24) is 4.90 Å². The largest absolute Gasteiger partial charge is 0.368 e. The van der Waals surface area contributed by atoms with E-state index >= 15 is 0 Å². The molecular weight excluding hydrogens is 230 g/mol. The summed E-state index contributed by atoms with van der Waals surface area (Å²) >= 11 is 0. The Balaban J connectivity index is 2.16. The van der Waals surface area contributed by atoms with Gasteiger partial charge in [0.15, 0.2) is 0 Å². The van der Waals surface area contributed by atoms with E-state index in [0.29, 0.717) is 25.9 Å². The summed E-state index contributed by atoms with van der Waals surface area (Å²) in [6.07, 6.45) is 0.912. The third-order valence-corrected chi connectivity index (χ3v) is 3.24. The zero-order valence-corrected chi connectivity index (χ0v) is 10.1. The predicted molar refractivity (Wildman–Crippen MR) is 67.1 cm³/mol. The van der Waals surface area contributed by atoms with Gasteiger partial charge in [0.25, 0.3) is 0 Å². The molecule has 1 aliphatic heterocycles. The highest BCUT2D eigenvalue weighted by atomic mass is 16.2. The summed E-state index contributed by atoms with van der Waals surface area (Å²) in [5.41, 5.74) is 12.9. The minimum absolute atomic E-state index is 0.0167. The molecule has 1 heterocycles. The molecule has 1 saturated heterocycles. The summed E-state index contributed by atoms with van der Waals surface area (Å²) in [7, 11) is 0. The van der Waals surface area contributed by atoms with Crippen molar-refractivity contribution in [3.63, 3.8) is 0 Å². The summed E-state index contributed by atoms with van der Waals surface area (Å²) in [6.45, 7) is 0.876. The summed E-state index contributed by atoms with van der Waals surface area (Å²) in [5.74, 6) is -0.451. The lowest BCUT2D eigenvalue weighted by Gasteiger charge is -2.22. The number of primary amides is 1. The Morgan fingerprint density at radius 2 is 2.11 bits per heavy atom. The Labute approximate surface area is 106 Å². The second-order valence-corrected chi connectivity index (χ2v) is 4.50. The van der Waals surface area contributed by atoms with Gasteiger partial charge in [-0.3, -0.25) is 9.59 Å². The van der Waals surface area contributed by atoms with Crippen LogP contribution in [0.1, 0.15) is 24.0 Å². The number of hydrogen-bond acceptors (Lipinski definition) is 3. The first-order valence-corrected chi connectivity index (χ1v) is 5.98. The van der Waals surface area contributed by atoms with Crippen LogP contribution < -0.4 is 11.5 Å². The highest BCUT2D eigenvalue weighted by molar-refractivity contribution is 5.89. The fourth-order valence-electron chi connectivity index (χ4n) is 2.28. The number of carbonyl (C=O) groups is 2. The molecule has 5 heteroatoms. The van der Waals surface area contributed by atoms with Crippen molar-refractivity contribution < 1.29 is 9.59 Å². The van der Waals surface area contributed by atoms with Gasteiger partial charge in [-0.15, -0.1) is 0 Å². The van der Waals surface area contributed by atoms with Crippen molar-refractivity contribution in [3.05, 3.63) is 35.4 Å². The minimum Gasteiger partial charge on any atom is -0.368 e. The molecule has 96 valence electrons. The van der Waals surface area contributed by atoms with Crippen LogP contribution in [0.25, 0.3) is 0 Å². The van der Waals surface area contributed by atoms with Crippen LogP contribution >= 0.6 is 0 Å². The first-order chi connectivity index (χ1) is 8.61. The molecule has 0 radical (unpaired) electrons. The summed E-state index contributed by atoms with van der Waals surface area (Å²) in [4.78, 5) is 24.6. The van der Waals surface area contributed by atoms with Crippen molar-refractivity contribution in [1.29, 1.82) is 0 Å². The zero-order valence-electron chi connectivity index (χ0n) is 10.1. The van der Waals surface area contributed by atoms with Crippen LogP contribution in [-0.2, 0) is 22.7 Å². The van der Waals surface area contributed by atoms with E-state index in [-0.39, 0.29) is 5.91 Å². The molecule has 18 heavy (non-hydrogen) atoms. The van der Waals surface area contributed by atoms with Gasteiger partial charge in [-0.2, -0.15) is 0 Å². The third-order valence-electron chi connectivity index (χ3n) is 3.24. The fraction of sp³-hybridized carbons (Fsp3) is 0.385. The molecule has 1 aromatic carbocycles. The second kappa shape index (κ2) is 5.18. The Kier molecular flexibility index (Phi) is 3.62. The first-order valence-electron chi connectivity index (χ1n) is 5.98. The highest BCUT2D eigenvalue weighted by Gasteiger charge is 2.34. The predicted octanol–water partition coefficient (Wildman–Crippen LogP) is 0.122. The van der Waals surface area contributed by atoms with Crippen molar-refractivity contribution in [2.24, 2.45) is 11.5 Å². The lowest BCUT2D eigenvalue weighted by Crippen LogP contribution is -2.41. The van der Waals surface area contributed by atoms with Gasteiger partial charge < -0.3 is 16.4 Å². The molecule has 1 unspecified atom stereocenters. The molecular formula is C13H17N3O2. The molecule has 1 atom stereocenters. The number of nitrogens with zero attached hydrogens (tertiary/aromatic N) is 1. The average molecular weight is 247 g/mol. The number of likely N-dealkylation sites (tertiary alicyclic amines) is 1. The SMILES string of the molecule is NCc1cccc(CN2C(=O)CCC2C(N)=O)c1. The summed E-state index contributed by atoms with van der Waals surface area (Å²) < 4.78 is 0. The Hall–Kier alpha value is -1.88. The van der Waals surface area contributed by atoms with Crippen LogP contribution in [0, 0.1) is 0 Å². The first kappa shape index (κ1) is 12.6. The lowest BCUT2D eigenvalue weighted by atomic mass is 10.1. The van der Waals surface area contributed by atoms with E-state index < -0.39 is 11.9 Å². The number of amides is 2. The Morgan fingerprint density at radius 3 is 2.78 bits per heavy atom. The number of benzene rings is 1. The van der Waals surface area contributed by atoms with Crippen molar-refractivity contribution in [3.8, 4) is 0 Å². The molecule has 4 N–H and O–H groups in total. The van der Waals surface area contributed by atoms with Crippen LogP contribution in [0.15, 0.2) is 24.3 Å². The highest BCUT2D eigenvalue weighted by Crippen LogP contribution is 2.21. The van der Waals surface area contributed by atoms with E-state index in [1.54, 1.807) is 4.90 Å². The smallest absolute Gasteiger partial charge is 0.240 e. The molecule has 2 amide bonds. The van der Waals surface area contributed by atoms with Crippen molar-refractivity contribution in [2.75, 3.05) is 0 Å². The van der Waals surface area contributed by atoms with Gasteiger partial charge in [-0.05, 0) is 17.5 Å². The number of nitrogens with two attached hydrogens (primary N) is 2. The van der Waals surface area contributed by atoms with Crippen molar-refractivity contribution >= 4 is 11.8 Å². The Morgan fingerprint density at radius 1 is 1.39 bits per heavy atom. The van der Waals surface area contributed by atoms with E-state index in [9.17, 15) is 9.59 Å². The van der Waals surface area contributed by atoms with Gasteiger partial charge in [0.2, 0.25) is 11.8 Å². The fourth-order valence-corrected chi connectivity index (χ4v) is 2.28. The van der Waals surface area contributed by atoms with Crippen LogP contribution in [0.2, 0.25) is 0 Å². The van der Waals surface area contributed by atoms with Crippen LogP contribution in [0.4, 0.5) is 0 Å². The summed E-state index contributed by atoms with van der Waals surface area (Å²) in [6, 6.07) is 7.23. The van der Waals surface area contributed by atoms with E-state index in [1.165, 1.54) is 0 Å². The molecule has 0 aromatic heterocycles. The normalized spacial score (nSPS) is 19.3. The zero-order chi connectivity index (χ0) is 13.1. The van der Waals surface area contributed by atoms with E-state index in [0.717, 1.165) is 11.1 Å². The minimum atomic E-state index is -0.473. The maximum absolute atomic E-state index is 11.7. The average Bonchev–Trinajstić information content (AvgIpc) is 2.71. The molecule has 0 spiro atoms. The van der Waals surface area contributed by atoms with Crippen molar-refractivity contribution in [2.45, 2.75) is 32.0 Å². The number of carbonyl (C=O) groups excluding carboxylic acids is 2. The second-order valence-electron chi connectivity index (χ2n) is 4.50. The maximum atomic E-state index is 11.7. The van der Waals surface area contributed by atoms with Gasteiger partial charge >= 0.3 is 0 Å². The molecule has 0 aliphatic carbocycles. The monoisotopic (exact) mass is 247 g/mol. The Bertz CT molecular complexity index is 473. The van der Waals surface area contributed by atoms with Crippen LogP contribution in [0.5, 0.6) is 0 Å².